The van der Waals surface area contributed by atoms with Crippen LogP contribution in [0.3, 0.4) is 0 Å². The Bertz CT molecular complexity index is 1520. The van der Waals surface area contributed by atoms with Crippen molar-refractivity contribution in [1.82, 2.24) is 4.98 Å². The first-order chi connectivity index (χ1) is 18.3. The number of rotatable bonds is 8. The second kappa shape index (κ2) is 11.2. The van der Waals surface area contributed by atoms with E-state index in [0.717, 1.165) is 44.0 Å². The lowest BCUT2D eigenvalue weighted by molar-refractivity contribution is -0.117. The van der Waals surface area contributed by atoms with Crippen molar-refractivity contribution in [3.8, 4) is 0 Å². The zero-order chi connectivity index (χ0) is 26.7. The van der Waals surface area contributed by atoms with Crippen LogP contribution in [0.4, 0.5) is 17.1 Å². The van der Waals surface area contributed by atoms with E-state index in [1.165, 1.54) is 12.1 Å². The first-order valence-corrected chi connectivity index (χ1v) is 14.3. The molecule has 5 rings (SSSR count). The molecule has 3 aromatic carbocycles. The quantitative estimate of drug-likeness (QED) is 0.255. The normalized spacial score (nSPS) is 14.8. The summed E-state index contributed by atoms with van der Waals surface area (Å²) in [5, 5.41) is 3.71. The molecule has 2 heterocycles. The molecule has 1 aliphatic heterocycles. The van der Waals surface area contributed by atoms with Crippen LogP contribution in [0.2, 0.25) is 0 Å². The Morgan fingerprint density at radius 1 is 1.05 bits per heavy atom. The van der Waals surface area contributed by atoms with E-state index in [1.807, 2.05) is 36.4 Å². The zero-order valence-corrected chi connectivity index (χ0v) is 22.8. The highest BCUT2D eigenvalue weighted by molar-refractivity contribution is 9.10. The molecule has 1 amide bonds. The van der Waals surface area contributed by atoms with Crippen molar-refractivity contribution >= 4 is 60.1 Å². The van der Waals surface area contributed by atoms with Crippen molar-refractivity contribution in [3.63, 3.8) is 0 Å². The van der Waals surface area contributed by atoms with Gasteiger partial charge in [-0.15, -0.1) is 0 Å². The van der Waals surface area contributed by atoms with Crippen LogP contribution >= 0.6 is 15.9 Å². The first-order valence-electron chi connectivity index (χ1n) is 12.1. The number of nitrogens with one attached hydrogen (secondary N) is 2. The van der Waals surface area contributed by atoms with Gasteiger partial charge >= 0.3 is 10.3 Å². The number of aromatic nitrogens is 1. The molecule has 1 aromatic heterocycles. The van der Waals surface area contributed by atoms with Gasteiger partial charge in [0.1, 0.15) is 6.04 Å². The van der Waals surface area contributed by atoms with Gasteiger partial charge in [-0.2, -0.15) is 8.42 Å². The second-order valence-electron chi connectivity index (χ2n) is 8.97. The van der Waals surface area contributed by atoms with E-state index in [1.54, 1.807) is 30.5 Å². The molecule has 3 N–H and O–H groups in total. The van der Waals surface area contributed by atoms with Gasteiger partial charge in [-0.1, -0.05) is 34.1 Å². The minimum absolute atomic E-state index is 0.0254. The Hall–Kier alpha value is -3.38. The SMILES string of the molecule is O=C(Nc1ccc(N2CCOCC2)cc1)[C@H](Cc1c[nH]c2ccccc12)N(c1ccc(Br)cc1)S(=O)(=O)O. The molecule has 1 saturated heterocycles. The number of carbonyl (C=O) groups is 1. The number of benzene rings is 3. The smallest absolute Gasteiger partial charge is 0.360 e. The molecule has 9 nitrogen and oxygen atoms in total. The van der Waals surface area contributed by atoms with Gasteiger partial charge in [0.2, 0.25) is 5.91 Å². The number of carbonyl (C=O) groups excluding carboxylic acids is 1. The van der Waals surface area contributed by atoms with Crippen LogP contribution in [0.5, 0.6) is 0 Å². The average molecular weight is 600 g/mol. The Morgan fingerprint density at radius 3 is 2.42 bits per heavy atom. The number of amides is 1. The zero-order valence-electron chi connectivity index (χ0n) is 20.4. The van der Waals surface area contributed by atoms with Crippen molar-refractivity contribution in [2.75, 3.05) is 40.8 Å². The monoisotopic (exact) mass is 598 g/mol. The minimum Gasteiger partial charge on any atom is -0.378 e. The molecule has 0 saturated carbocycles. The Morgan fingerprint density at radius 2 is 1.74 bits per heavy atom. The van der Waals surface area contributed by atoms with Gasteiger partial charge < -0.3 is 19.9 Å². The van der Waals surface area contributed by atoms with Gasteiger partial charge in [0.15, 0.2) is 0 Å². The maximum atomic E-state index is 13.7. The largest absolute Gasteiger partial charge is 0.378 e. The van der Waals surface area contributed by atoms with E-state index in [2.05, 4.69) is 31.1 Å². The summed E-state index contributed by atoms with van der Waals surface area (Å²) in [6.07, 6.45) is 1.78. The highest BCUT2D eigenvalue weighted by Crippen LogP contribution is 2.28. The van der Waals surface area contributed by atoms with E-state index in [9.17, 15) is 17.8 Å². The molecule has 1 atom stereocenters. The van der Waals surface area contributed by atoms with Crippen LogP contribution in [-0.4, -0.2) is 56.2 Å². The van der Waals surface area contributed by atoms with Gasteiger partial charge in [-0.05, 0) is 60.2 Å². The predicted molar refractivity (Wildman–Crippen MR) is 152 cm³/mol. The Kier molecular flexibility index (Phi) is 7.70. The molecule has 1 aliphatic rings. The number of H-pyrrole nitrogens is 1. The number of anilines is 3. The van der Waals surface area contributed by atoms with Gasteiger partial charge in [0.25, 0.3) is 0 Å². The average Bonchev–Trinajstić information content (AvgIpc) is 3.32. The fourth-order valence-electron chi connectivity index (χ4n) is 4.66. The first kappa shape index (κ1) is 26.2. The number of hydrogen-bond donors (Lipinski definition) is 3. The van der Waals surface area contributed by atoms with Crippen molar-refractivity contribution in [1.29, 1.82) is 0 Å². The van der Waals surface area contributed by atoms with Gasteiger partial charge in [-0.25, -0.2) is 4.31 Å². The van der Waals surface area contributed by atoms with Crippen LogP contribution < -0.4 is 14.5 Å². The van der Waals surface area contributed by atoms with Gasteiger partial charge in [-0.3, -0.25) is 9.35 Å². The third-order valence-electron chi connectivity index (χ3n) is 6.51. The van der Waals surface area contributed by atoms with Crippen molar-refractivity contribution in [2.24, 2.45) is 0 Å². The maximum absolute atomic E-state index is 13.7. The fourth-order valence-corrected chi connectivity index (χ4v) is 5.80. The molecule has 4 aromatic rings. The molecule has 0 spiro atoms. The van der Waals surface area contributed by atoms with Crippen LogP contribution in [0.1, 0.15) is 5.56 Å². The van der Waals surface area contributed by atoms with E-state index < -0.39 is 22.3 Å². The molecule has 198 valence electrons. The lowest BCUT2D eigenvalue weighted by atomic mass is 10.0. The summed E-state index contributed by atoms with van der Waals surface area (Å²) in [5.41, 5.74) is 3.30. The number of halogens is 1. The van der Waals surface area contributed by atoms with Gasteiger partial charge in [0.05, 0.1) is 18.9 Å². The lowest BCUT2D eigenvalue weighted by Gasteiger charge is -2.30. The van der Waals surface area contributed by atoms with Crippen LogP contribution in [0.15, 0.2) is 83.5 Å². The Labute approximate surface area is 229 Å². The summed E-state index contributed by atoms with van der Waals surface area (Å²) in [4.78, 5) is 19.1. The Balaban J connectivity index is 1.47. The number of hydrogen-bond acceptors (Lipinski definition) is 5. The van der Waals surface area contributed by atoms with Crippen molar-refractivity contribution in [2.45, 2.75) is 12.5 Å². The minimum atomic E-state index is -4.82. The number of nitrogens with zero attached hydrogens (tertiary/aromatic N) is 2. The van der Waals surface area contributed by atoms with E-state index in [0.29, 0.717) is 18.9 Å². The summed E-state index contributed by atoms with van der Waals surface area (Å²) < 4.78 is 42.6. The van der Waals surface area contributed by atoms with Crippen molar-refractivity contribution in [3.05, 3.63) is 89.0 Å². The highest BCUT2D eigenvalue weighted by atomic mass is 79.9. The fraction of sp³-hybridized carbons (Fsp3) is 0.222. The summed E-state index contributed by atoms with van der Waals surface area (Å²) >= 11 is 3.34. The molecule has 11 heteroatoms. The third kappa shape index (κ3) is 5.86. The molecule has 1 fully saturated rings. The molecular formula is C27H27BrN4O5S. The number of para-hydroxylation sites is 1. The topological polar surface area (TPSA) is 115 Å². The predicted octanol–water partition coefficient (Wildman–Crippen LogP) is 4.63. The molecule has 0 aliphatic carbocycles. The number of fused-ring (bicyclic) bond motifs is 1. The number of ether oxygens (including phenoxy) is 1. The summed E-state index contributed by atoms with van der Waals surface area (Å²) in [5.74, 6) is -0.574. The number of aromatic amines is 1. The molecule has 0 unspecified atom stereocenters. The molecule has 38 heavy (non-hydrogen) atoms. The second-order valence-corrected chi connectivity index (χ2v) is 11.2. The lowest BCUT2D eigenvalue weighted by Crippen LogP contribution is -2.48. The van der Waals surface area contributed by atoms with E-state index in [-0.39, 0.29) is 12.1 Å². The molecule has 0 radical (unpaired) electrons. The summed E-state index contributed by atoms with van der Waals surface area (Å²) in [7, 11) is -4.82. The standard InChI is InChI=1S/C27H27BrN4O5S/c28-20-5-9-23(10-6-20)32(38(34,35)36)26(17-19-18-29-25-4-2-1-3-24(19)25)27(33)30-21-7-11-22(12-8-21)31-13-15-37-16-14-31/h1-12,18,26,29H,13-17H2,(H,30,33)(H,34,35,36)/t26-/m0/s1. The number of morpholine rings is 1. The van der Waals surface area contributed by atoms with Gasteiger partial charge in [0, 0.05) is 52.5 Å². The summed E-state index contributed by atoms with van der Waals surface area (Å²) in [6, 6.07) is 20.0. The van der Waals surface area contributed by atoms with E-state index >= 15 is 0 Å². The maximum Gasteiger partial charge on any atom is 0.360 e. The molecule has 0 bridgehead atoms. The van der Waals surface area contributed by atoms with Crippen LogP contribution in [0.25, 0.3) is 10.9 Å². The molecular weight excluding hydrogens is 572 g/mol. The van der Waals surface area contributed by atoms with Crippen molar-refractivity contribution < 1.29 is 22.5 Å². The summed E-state index contributed by atoms with van der Waals surface area (Å²) in [6.45, 7) is 2.90. The van der Waals surface area contributed by atoms with E-state index in [4.69, 9.17) is 4.74 Å². The third-order valence-corrected chi connectivity index (χ3v) is 8.01. The van der Waals surface area contributed by atoms with Crippen LogP contribution in [-0.2, 0) is 26.3 Å². The highest BCUT2D eigenvalue weighted by Gasteiger charge is 2.35. The van der Waals surface area contributed by atoms with Crippen LogP contribution in [0, 0.1) is 0 Å².